The maximum atomic E-state index is 12.7. The topological polar surface area (TPSA) is 90.2 Å². The van der Waals surface area contributed by atoms with E-state index in [9.17, 15) is 19.7 Å². The Balaban J connectivity index is 2.30. The number of benzene rings is 1. The number of rotatable bonds is 2. The van der Waals surface area contributed by atoms with Gasteiger partial charge in [0.05, 0.1) is 10.5 Å². The van der Waals surface area contributed by atoms with E-state index in [0.29, 0.717) is 18.7 Å². The summed E-state index contributed by atoms with van der Waals surface area (Å²) in [6, 6.07) is 5.77. The molecule has 1 aromatic carbocycles. The second-order valence-corrected chi connectivity index (χ2v) is 6.64. The molecular weight excluding hydrogens is 326 g/mol. The zero-order valence-corrected chi connectivity index (χ0v) is 14.7. The molecular formula is C16H21N5O4. The molecule has 0 N–H and O–H groups in total. The molecule has 4 amide bonds. The van der Waals surface area contributed by atoms with Gasteiger partial charge in [-0.1, -0.05) is 12.1 Å². The molecule has 2 saturated heterocycles. The van der Waals surface area contributed by atoms with Crippen molar-refractivity contribution in [3.05, 3.63) is 39.9 Å². The number of fused-ring (bicyclic) bond motifs is 1. The van der Waals surface area contributed by atoms with E-state index in [1.807, 2.05) is 0 Å². The Morgan fingerprint density at radius 1 is 1.00 bits per heavy atom. The Morgan fingerprint density at radius 2 is 1.48 bits per heavy atom. The molecule has 0 spiro atoms. The van der Waals surface area contributed by atoms with Crippen molar-refractivity contribution in [2.45, 2.75) is 5.66 Å². The summed E-state index contributed by atoms with van der Waals surface area (Å²) in [5, 5.41) is 11.6. The summed E-state index contributed by atoms with van der Waals surface area (Å²) in [7, 11) is 6.57. The van der Waals surface area contributed by atoms with Crippen LogP contribution in [0.25, 0.3) is 0 Å². The van der Waals surface area contributed by atoms with Crippen LogP contribution in [0.15, 0.2) is 24.3 Å². The van der Waals surface area contributed by atoms with E-state index in [4.69, 9.17) is 0 Å². The highest BCUT2D eigenvalue weighted by Gasteiger charge is 2.60. The SMILES string of the molecule is CN1CC2CN(C)C(=O)N(C)C2(c2ccccc2[N+](=O)[O-])N(C)C1=O. The van der Waals surface area contributed by atoms with Crippen LogP contribution in [0, 0.1) is 16.0 Å². The normalized spacial score (nSPS) is 26.8. The zero-order chi connectivity index (χ0) is 18.5. The Morgan fingerprint density at radius 3 is 1.96 bits per heavy atom. The fourth-order valence-corrected chi connectivity index (χ4v) is 4.23. The fourth-order valence-electron chi connectivity index (χ4n) is 4.23. The van der Waals surface area contributed by atoms with Crippen molar-refractivity contribution >= 4 is 17.7 Å². The number of carbonyl (C=O) groups is 2. The van der Waals surface area contributed by atoms with Crippen molar-refractivity contribution in [3.8, 4) is 0 Å². The van der Waals surface area contributed by atoms with Crippen LogP contribution in [0.2, 0.25) is 0 Å². The Bertz CT molecular complexity index is 722. The molecule has 2 aliphatic heterocycles. The molecule has 2 heterocycles. The van der Waals surface area contributed by atoms with Gasteiger partial charge in [0, 0.05) is 53.3 Å². The Hall–Kier alpha value is -2.84. The third kappa shape index (κ3) is 2.15. The largest absolute Gasteiger partial charge is 0.327 e. The number of urea groups is 2. The first-order valence-corrected chi connectivity index (χ1v) is 7.94. The molecule has 25 heavy (non-hydrogen) atoms. The van der Waals surface area contributed by atoms with Crippen molar-refractivity contribution in [1.82, 2.24) is 19.6 Å². The summed E-state index contributed by atoms with van der Waals surface area (Å²) in [4.78, 5) is 42.6. The van der Waals surface area contributed by atoms with Crippen LogP contribution in [-0.2, 0) is 5.66 Å². The molecule has 2 fully saturated rings. The first-order chi connectivity index (χ1) is 11.7. The average Bonchev–Trinajstić information content (AvgIpc) is 2.58. The average molecular weight is 347 g/mol. The fraction of sp³-hybridized carbons (Fsp3) is 0.500. The van der Waals surface area contributed by atoms with E-state index in [0.717, 1.165) is 0 Å². The van der Waals surface area contributed by atoms with Crippen molar-refractivity contribution in [1.29, 1.82) is 0 Å². The molecule has 9 heteroatoms. The first-order valence-electron chi connectivity index (χ1n) is 7.94. The number of nitro benzene ring substituents is 1. The minimum Gasteiger partial charge on any atom is -0.327 e. The summed E-state index contributed by atoms with van der Waals surface area (Å²) in [6.07, 6.45) is 0. The van der Waals surface area contributed by atoms with Gasteiger partial charge in [0.1, 0.15) is 0 Å². The number of para-hydroxylation sites is 1. The molecule has 1 aromatic rings. The van der Waals surface area contributed by atoms with E-state index >= 15 is 0 Å². The molecule has 0 aromatic heterocycles. The van der Waals surface area contributed by atoms with Crippen LogP contribution in [0.5, 0.6) is 0 Å². The molecule has 0 saturated carbocycles. The molecule has 0 aliphatic carbocycles. The molecule has 3 rings (SSSR count). The summed E-state index contributed by atoms with van der Waals surface area (Å²) < 4.78 is 0. The van der Waals surface area contributed by atoms with Crippen LogP contribution in [0.3, 0.4) is 0 Å². The lowest BCUT2D eigenvalue weighted by atomic mass is 9.78. The number of hydrogen-bond acceptors (Lipinski definition) is 4. The number of nitrogens with zero attached hydrogens (tertiary/aromatic N) is 5. The van der Waals surface area contributed by atoms with Crippen molar-refractivity contribution in [2.75, 3.05) is 41.3 Å². The highest BCUT2D eigenvalue weighted by atomic mass is 16.6. The summed E-state index contributed by atoms with van der Waals surface area (Å²) in [6.45, 7) is 0.800. The summed E-state index contributed by atoms with van der Waals surface area (Å²) >= 11 is 0. The van der Waals surface area contributed by atoms with Gasteiger partial charge in [-0.3, -0.25) is 19.9 Å². The van der Waals surface area contributed by atoms with Gasteiger partial charge in [0.25, 0.3) is 5.69 Å². The van der Waals surface area contributed by atoms with E-state index in [1.165, 1.54) is 15.9 Å². The second-order valence-electron chi connectivity index (χ2n) is 6.64. The van der Waals surface area contributed by atoms with Crippen molar-refractivity contribution in [3.63, 3.8) is 0 Å². The van der Waals surface area contributed by atoms with Crippen LogP contribution < -0.4 is 0 Å². The van der Waals surface area contributed by atoms with Gasteiger partial charge in [-0.05, 0) is 6.07 Å². The van der Waals surface area contributed by atoms with Crippen molar-refractivity contribution < 1.29 is 14.5 Å². The molecule has 0 unspecified atom stereocenters. The van der Waals surface area contributed by atoms with E-state index in [2.05, 4.69) is 0 Å². The predicted molar refractivity (Wildman–Crippen MR) is 89.8 cm³/mol. The highest BCUT2D eigenvalue weighted by Crippen LogP contribution is 2.47. The van der Waals surface area contributed by atoms with Gasteiger partial charge in [-0.2, -0.15) is 0 Å². The van der Waals surface area contributed by atoms with Crippen LogP contribution >= 0.6 is 0 Å². The minimum atomic E-state index is -1.20. The Labute approximate surface area is 145 Å². The number of hydrogen-bond donors (Lipinski definition) is 0. The molecule has 0 bridgehead atoms. The van der Waals surface area contributed by atoms with Crippen LogP contribution in [0.4, 0.5) is 15.3 Å². The third-order valence-electron chi connectivity index (χ3n) is 5.30. The molecule has 0 radical (unpaired) electrons. The third-order valence-corrected chi connectivity index (χ3v) is 5.30. The van der Waals surface area contributed by atoms with Gasteiger partial charge in [0.15, 0.2) is 5.66 Å². The molecule has 2 aliphatic rings. The van der Waals surface area contributed by atoms with Gasteiger partial charge in [-0.15, -0.1) is 0 Å². The lowest BCUT2D eigenvalue weighted by molar-refractivity contribution is -0.387. The number of amides is 4. The monoisotopic (exact) mass is 347 g/mol. The molecule has 9 nitrogen and oxygen atoms in total. The van der Waals surface area contributed by atoms with Gasteiger partial charge < -0.3 is 9.80 Å². The Kier molecular flexibility index (Phi) is 3.81. The zero-order valence-electron chi connectivity index (χ0n) is 14.7. The van der Waals surface area contributed by atoms with Gasteiger partial charge >= 0.3 is 12.1 Å². The smallest absolute Gasteiger partial charge is 0.321 e. The summed E-state index contributed by atoms with van der Waals surface area (Å²) in [5.41, 5.74) is -0.935. The predicted octanol–water partition coefficient (Wildman–Crippen LogP) is 1.36. The first kappa shape index (κ1) is 17.0. The lowest BCUT2D eigenvalue weighted by Gasteiger charge is -2.59. The maximum Gasteiger partial charge on any atom is 0.321 e. The second kappa shape index (κ2) is 5.61. The number of carbonyl (C=O) groups excluding carboxylic acids is 2. The quantitative estimate of drug-likeness (QED) is 0.597. The van der Waals surface area contributed by atoms with Crippen LogP contribution in [-0.4, -0.2) is 77.9 Å². The van der Waals surface area contributed by atoms with Gasteiger partial charge in [0.2, 0.25) is 0 Å². The van der Waals surface area contributed by atoms with E-state index < -0.39 is 10.6 Å². The molecule has 0 atom stereocenters. The highest BCUT2D eigenvalue weighted by molar-refractivity contribution is 5.81. The van der Waals surface area contributed by atoms with E-state index in [1.54, 1.807) is 56.2 Å². The minimum absolute atomic E-state index is 0.0964. The lowest BCUT2D eigenvalue weighted by Crippen LogP contribution is -2.75. The van der Waals surface area contributed by atoms with Crippen molar-refractivity contribution in [2.24, 2.45) is 5.92 Å². The standard InChI is InChI=1S/C16H21N5O4/c1-17-9-11-10-18(2)15(23)20(4)16(11,19(3)14(17)22)12-7-5-6-8-13(12)21(24)25/h5-8,11H,9-10H2,1-4H3. The van der Waals surface area contributed by atoms with Gasteiger partial charge in [-0.25, -0.2) is 9.59 Å². The molecule has 134 valence electrons. The summed E-state index contributed by atoms with van der Waals surface area (Å²) in [5.74, 6) is -0.200. The van der Waals surface area contributed by atoms with Crippen LogP contribution in [0.1, 0.15) is 5.56 Å². The van der Waals surface area contributed by atoms with E-state index in [-0.39, 0.29) is 23.7 Å². The number of nitro groups is 1. The maximum absolute atomic E-state index is 12.7.